The number of hydrogen-bond donors (Lipinski definition) is 0. The zero-order valence-electron chi connectivity index (χ0n) is 10.3. The summed E-state index contributed by atoms with van der Waals surface area (Å²) in [7, 11) is -0.142. The molecule has 5 heteroatoms. The lowest BCUT2D eigenvalue weighted by atomic mass is 10.2. The minimum atomic E-state index is -1.36. The van der Waals surface area contributed by atoms with Crippen molar-refractivity contribution in [2.24, 2.45) is 0 Å². The molecule has 0 aromatic heterocycles. The topological polar surface area (TPSA) is 43.4 Å². The van der Waals surface area contributed by atoms with Gasteiger partial charge in [-0.05, 0) is 24.6 Å². The van der Waals surface area contributed by atoms with Crippen molar-refractivity contribution in [3.8, 4) is 0 Å². The molecule has 0 fully saturated rings. The second-order valence-electron chi connectivity index (χ2n) is 3.76. The molecule has 0 bridgehead atoms. The molecule has 0 aliphatic carbocycles. The van der Waals surface area contributed by atoms with Crippen LogP contribution in [0.4, 0.5) is 4.39 Å². The molecule has 0 N–H and O–H groups in total. The number of alkyl halides is 1. The number of ether oxygens (including phenoxy) is 1. The summed E-state index contributed by atoms with van der Waals surface area (Å²) in [4.78, 5) is 11.6. The molecule has 0 spiro atoms. The lowest BCUT2D eigenvalue weighted by Crippen LogP contribution is -2.06. The Labute approximate surface area is 108 Å². The fraction of sp³-hybridized carbons (Fsp3) is 0.308. The van der Waals surface area contributed by atoms with E-state index in [1.165, 1.54) is 7.11 Å². The summed E-state index contributed by atoms with van der Waals surface area (Å²) < 4.78 is 29.0. The third kappa shape index (κ3) is 4.41. The summed E-state index contributed by atoms with van der Waals surface area (Å²) in [5.74, 6) is -0.641. The van der Waals surface area contributed by atoms with Crippen LogP contribution in [0.1, 0.15) is 5.56 Å². The fourth-order valence-corrected chi connectivity index (χ4v) is 2.39. The van der Waals surface area contributed by atoms with Crippen LogP contribution in [0.15, 0.2) is 40.8 Å². The second kappa shape index (κ2) is 7.06. The predicted octanol–water partition coefficient (Wildman–Crippen LogP) is 2.17. The van der Waals surface area contributed by atoms with Gasteiger partial charge < -0.3 is 4.74 Å². The molecule has 1 aromatic rings. The average molecular weight is 270 g/mol. The van der Waals surface area contributed by atoms with E-state index in [4.69, 9.17) is 0 Å². The summed E-state index contributed by atoms with van der Waals surface area (Å²) in [5.41, 5.74) is 1.23. The van der Waals surface area contributed by atoms with Gasteiger partial charge in [-0.2, -0.15) is 0 Å². The highest BCUT2D eigenvalue weighted by Gasteiger charge is 2.09. The number of rotatable bonds is 5. The Morgan fingerprint density at radius 1 is 1.39 bits per heavy atom. The number of carbonyl (C=O) groups is 1. The number of halogens is 1. The van der Waals surface area contributed by atoms with Crippen LogP contribution in [-0.2, 0) is 20.3 Å². The van der Waals surface area contributed by atoms with Crippen LogP contribution in [0.5, 0.6) is 0 Å². The molecule has 0 saturated heterocycles. The van der Waals surface area contributed by atoms with Gasteiger partial charge in [0.25, 0.3) is 0 Å². The molecule has 1 aromatic carbocycles. The summed E-state index contributed by atoms with van der Waals surface area (Å²) in [5, 5.41) is 0. The Balaban J connectivity index is 2.76. The Hall–Kier alpha value is -1.49. The van der Waals surface area contributed by atoms with Crippen molar-refractivity contribution in [3.63, 3.8) is 0 Å². The molecule has 0 amide bonds. The number of benzene rings is 1. The first-order chi connectivity index (χ1) is 8.56. The van der Waals surface area contributed by atoms with Gasteiger partial charge in [0.2, 0.25) is 0 Å². The van der Waals surface area contributed by atoms with E-state index in [2.05, 4.69) is 4.74 Å². The maximum Gasteiger partial charge on any atom is 0.330 e. The fourth-order valence-electron chi connectivity index (χ4n) is 1.29. The van der Waals surface area contributed by atoms with Gasteiger partial charge in [0, 0.05) is 11.0 Å². The Bertz CT molecular complexity index is 466. The molecular formula is C13H15FO3S. The van der Waals surface area contributed by atoms with E-state index in [0.717, 1.165) is 11.6 Å². The van der Waals surface area contributed by atoms with Crippen LogP contribution in [0.3, 0.4) is 0 Å². The van der Waals surface area contributed by atoms with Crippen molar-refractivity contribution in [1.82, 2.24) is 0 Å². The highest BCUT2D eigenvalue weighted by atomic mass is 32.2. The van der Waals surface area contributed by atoms with E-state index in [9.17, 15) is 13.4 Å². The van der Waals surface area contributed by atoms with Crippen molar-refractivity contribution in [1.29, 1.82) is 0 Å². The van der Waals surface area contributed by atoms with Gasteiger partial charge in [-0.1, -0.05) is 17.7 Å². The van der Waals surface area contributed by atoms with Gasteiger partial charge in [0.05, 0.1) is 23.7 Å². The third-order valence-corrected chi connectivity index (χ3v) is 3.73. The molecule has 3 nitrogen and oxygen atoms in total. The molecular weight excluding hydrogens is 255 g/mol. The molecule has 1 unspecified atom stereocenters. The van der Waals surface area contributed by atoms with Crippen LogP contribution in [-0.4, -0.2) is 29.7 Å². The van der Waals surface area contributed by atoms with Crippen molar-refractivity contribution >= 4 is 16.8 Å². The summed E-state index contributed by atoms with van der Waals surface area (Å²) in [6, 6.07) is 7.15. The third-order valence-electron chi connectivity index (χ3n) is 2.30. The molecule has 0 radical (unpaired) electrons. The highest BCUT2D eigenvalue weighted by molar-refractivity contribution is 7.85. The Morgan fingerprint density at radius 2 is 2.00 bits per heavy atom. The smallest absolute Gasteiger partial charge is 0.330 e. The van der Waals surface area contributed by atoms with E-state index >= 15 is 0 Å². The normalized spacial score (nSPS) is 13.2. The molecule has 0 aliphatic rings. The zero-order valence-corrected chi connectivity index (χ0v) is 11.1. The highest BCUT2D eigenvalue weighted by Crippen LogP contribution is 2.11. The first-order valence-electron chi connectivity index (χ1n) is 5.35. The molecule has 18 heavy (non-hydrogen) atoms. The van der Waals surface area contributed by atoms with E-state index < -0.39 is 23.4 Å². The van der Waals surface area contributed by atoms with Crippen LogP contribution in [0.2, 0.25) is 0 Å². The van der Waals surface area contributed by atoms with E-state index in [1.807, 2.05) is 19.1 Å². The van der Waals surface area contributed by atoms with Crippen molar-refractivity contribution in [2.45, 2.75) is 11.8 Å². The predicted molar refractivity (Wildman–Crippen MR) is 68.5 cm³/mol. The molecule has 0 saturated carbocycles. The van der Waals surface area contributed by atoms with E-state index in [-0.39, 0.29) is 11.3 Å². The monoisotopic (exact) mass is 270 g/mol. The Kier molecular flexibility index (Phi) is 5.71. The number of esters is 1. The lowest BCUT2D eigenvalue weighted by molar-refractivity contribution is -0.134. The maximum atomic E-state index is 12.7. The molecule has 98 valence electrons. The summed E-state index contributed by atoms with van der Waals surface area (Å²) in [6.07, 6.45) is 1.05. The van der Waals surface area contributed by atoms with Gasteiger partial charge in [-0.3, -0.25) is 4.21 Å². The quantitative estimate of drug-likeness (QED) is 0.608. The van der Waals surface area contributed by atoms with Crippen molar-refractivity contribution < 1.29 is 18.1 Å². The Morgan fingerprint density at radius 3 is 2.50 bits per heavy atom. The minimum absolute atomic E-state index is 0.00530. The average Bonchev–Trinajstić information content (AvgIpc) is 2.38. The number of carbonyl (C=O) groups excluding carboxylic acids is 1. The maximum absolute atomic E-state index is 12.7. The van der Waals surface area contributed by atoms with Crippen molar-refractivity contribution in [3.05, 3.63) is 41.5 Å². The van der Waals surface area contributed by atoms with Gasteiger partial charge in [0.1, 0.15) is 6.67 Å². The molecule has 0 heterocycles. The first kappa shape index (κ1) is 14.6. The van der Waals surface area contributed by atoms with Crippen LogP contribution >= 0.6 is 0 Å². The largest absolute Gasteiger partial charge is 0.466 e. The van der Waals surface area contributed by atoms with Crippen LogP contribution < -0.4 is 0 Å². The van der Waals surface area contributed by atoms with Gasteiger partial charge >= 0.3 is 5.97 Å². The number of aryl methyl sites for hydroxylation is 1. The number of hydrogen-bond acceptors (Lipinski definition) is 3. The van der Waals surface area contributed by atoms with Crippen molar-refractivity contribution in [2.75, 3.05) is 19.5 Å². The zero-order chi connectivity index (χ0) is 13.5. The van der Waals surface area contributed by atoms with E-state index in [0.29, 0.717) is 4.90 Å². The standard InChI is InChI=1S/C13H15FO3S/c1-10-3-5-12(6-4-10)18(16)9-11(8-14)7-13(15)17-2/h3-7H,8-9H2,1-2H3/b11-7+. The summed E-state index contributed by atoms with van der Waals surface area (Å²) in [6.45, 7) is 1.11. The SMILES string of the molecule is COC(=O)/C=C(\CF)CS(=O)c1ccc(C)cc1. The second-order valence-corrected chi connectivity index (χ2v) is 5.21. The minimum Gasteiger partial charge on any atom is -0.466 e. The van der Waals surface area contributed by atoms with Gasteiger partial charge in [0.15, 0.2) is 0 Å². The lowest BCUT2D eigenvalue weighted by Gasteiger charge is -2.04. The van der Waals surface area contributed by atoms with Crippen LogP contribution in [0, 0.1) is 6.92 Å². The first-order valence-corrected chi connectivity index (χ1v) is 6.67. The van der Waals surface area contributed by atoms with E-state index in [1.54, 1.807) is 12.1 Å². The molecule has 0 aliphatic heterocycles. The van der Waals surface area contributed by atoms with Crippen LogP contribution in [0.25, 0.3) is 0 Å². The van der Waals surface area contributed by atoms with Gasteiger partial charge in [-0.25, -0.2) is 9.18 Å². The summed E-state index contributed by atoms with van der Waals surface area (Å²) >= 11 is 0. The molecule has 1 rings (SSSR count). The molecule has 1 atom stereocenters. The van der Waals surface area contributed by atoms with Gasteiger partial charge in [-0.15, -0.1) is 0 Å². The number of methoxy groups -OCH3 is 1.